The molecule has 1 fully saturated rings. The van der Waals surface area contributed by atoms with E-state index in [1.807, 2.05) is 31.2 Å². The Labute approximate surface area is 147 Å². The summed E-state index contributed by atoms with van der Waals surface area (Å²) in [6.07, 6.45) is -2.05. The number of urea groups is 1. The molecule has 1 aliphatic heterocycles. The first kappa shape index (κ1) is 18.0. The van der Waals surface area contributed by atoms with Crippen molar-refractivity contribution in [3.63, 3.8) is 0 Å². The third-order valence-electron chi connectivity index (χ3n) is 4.04. The van der Waals surface area contributed by atoms with Crippen LogP contribution in [0.1, 0.15) is 24.0 Å². The molecule has 1 heterocycles. The number of hydrogen-bond acceptors (Lipinski definition) is 2. The van der Waals surface area contributed by atoms with Gasteiger partial charge in [0.05, 0.1) is 5.57 Å². The third-order valence-corrected chi connectivity index (χ3v) is 4.04. The van der Waals surface area contributed by atoms with E-state index in [-0.39, 0.29) is 12.6 Å². The van der Waals surface area contributed by atoms with E-state index >= 15 is 0 Å². The summed E-state index contributed by atoms with van der Waals surface area (Å²) < 4.78 is 38.3. The Balaban J connectivity index is 1.83. The highest BCUT2D eigenvalue weighted by Crippen LogP contribution is 2.30. The second-order valence-electron chi connectivity index (χ2n) is 6.29. The molecule has 5 nitrogen and oxygen atoms in total. The normalized spacial score (nSPS) is 18.8. The average Bonchev–Trinajstić information content (AvgIpc) is 3.38. The van der Waals surface area contributed by atoms with Gasteiger partial charge in [0, 0.05) is 18.8 Å². The van der Waals surface area contributed by atoms with Gasteiger partial charge in [-0.3, -0.25) is 4.79 Å². The van der Waals surface area contributed by atoms with E-state index < -0.39 is 29.4 Å². The van der Waals surface area contributed by atoms with Gasteiger partial charge < -0.3 is 4.90 Å². The van der Waals surface area contributed by atoms with Crippen molar-refractivity contribution in [1.82, 2.24) is 4.90 Å². The van der Waals surface area contributed by atoms with E-state index in [1.54, 1.807) is 0 Å². The van der Waals surface area contributed by atoms with Crippen molar-refractivity contribution < 1.29 is 22.8 Å². The van der Waals surface area contributed by atoms with Gasteiger partial charge in [-0.05, 0) is 31.4 Å². The zero-order chi connectivity index (χ0) is 18.9. The maximum atomic E-state index is 12.8. The van der Waals surface area contributed by atoms with Gasteiger partial charge >= 0.3 is 12.2 Å². The molecule has 0 bridgehead atoms. The Morgan fingerprint density at radius 1 is 1.35 bits per heavy atom. The number of carbonyl (C=O) groups is 2. The number of hydrogen-bond donors (Lipinski definition) is 0. The van der Waals surface area contributed by atoms with Gasteiger partial charge in [0.25, 0.3) is 5.91 Å². The molecule has 2 aliphatic rings. The van der Waals surface area contributed by atoms with E-state index in [9.17, 15) is 22.8 Å². The summed E-state index contributed by atoms with van der Waals surface area (Å²) in [5.74, 6) is -0.961. The molecular formula is C18H16F3N3O2. The zero-order valence-corrected chi connectivity index (χ0v) is 14.0. The standard InChI is InChI=1S/C18H16F3N3O2/c1-11-3-2-4-12(7-11)10-24(14-5-6-14)17(26)23-15-8-13(18(19,20)21)9-22-16(15)25/h2-4,7-9,14H,5-6,10H2,1H3/b23-15-. The van der Waals surface area contributed by atoms with Crippen LogP contribution in [-0.4, -0.2) is 41.0 Å². The lowest BCUT2D eigenvalue weighted by Crippen LogP contribution is -2.32. The van der Waals surface area contributed by atoms with Crippen molar-refractivity contribution in [2.45, 2.75) is 38.5 Å². The van der Waals surface area contributed by atoms with Crippen molar-refractivity contribution in [2.75, 3.05) is 0 Å². The SMILES string of the molecule is Cc1cccc(CN(C(=O)/N=C2/C=C(C(F)(F)F)C=NC2=O)C2CC2)c1. The van der Waals surface area contributed by atoms with E-state index in [4.69, 9.17) is 0 Å². The van der Waals surface area contributed by atoms with Crippen LogP contribution in [0.4, 0.5) is 18.0 Å². The summed E-state index contributed by atoms with van der Waals surface area (Å²) in [6.45, 7) is 2.21. The molecule has 0 saturated heterocycles. The monoisotopic (exact) mass is 363 g/mol. The first-order chi connectivity index (χ1) is 12.2. The van der Waals surface area contributed by atoms with Crippen molar-refractivity contribution in [1.29, 1.82) is 0 Å². The molecule has 0 radical (unpaired) electrons. The minimum absolute atomic E-state index is 0.0133. The van der Waals surface area contributed by atoms with Gasteiger partial charge in [-0.15, -0.1) is 0 Å². The fourth-order valence-corrected chi connectivity index (χ4v) is 2.59. The molecule has 1 aliphatic carbocycles. The van der Waals surface area contributed by atoms with Gasteiger partial charge in [-0.1, -0.05) is 29.8 Å². The Hall–Kier alpha value is -2.77. The van der Waals surface area contributed by atoms with Gasteiger partial charge in [-0.2, -0.15) is 18.2 Å². The second kappa shape index (κ2) is 6.86. The second-order valence-corrected chi connectivity index (χ2v) is 6.29. The van der Waals surface area contributed by atoms with Crippen LogP contribution in [0.3, 0.4) is 0 Å². The smallest absolute Gasteiger partial charge is 0.316 e. The predicted molar refractivity (Wildman–Crippen MR) is 90.2 cm³/mol. The highest BCUT2D eigenvalue weighted by atomic mass is 19.4. The quantitative estimate of drug-likeness (QED) is 0.823. The average molecular weight is 363 g/mol. The fraction of sp³-hybridized carbons (Fsp3) is 0.333. The number of aryl methyl sites for hydroxylation is 1. The van der Waals surface area contributed by atoms with Crippen LogP contribution in [0.25, 0.3) is 0 Å². The molecular weight excluding hydrogens is 347 g/mol. The first-order valence-corrected chi connectivity index (χ1v) is 8.06. The number of alkyl halides is 3. The van der Waals surface area contributed by atoms with Crippen LogP contribution in [0.5, 0.6) is 0 Å². The van der Waals surface area contributed by atoms with Gasteiger partial charge in [0.15, 0.2) is 0 Å². The molecule has 136 valence electrons. The van der Waals surface area contributed by atoms with Crippen LogP contribution >= 0.6 is 0 Å². The van der Waals surface area contributed by atoms with Crippen LogP contribution in [0, 0.1) is 6.92 Å². The molecule has 0 atom stereocenters. The molecule has 1 aromatic carbocycles. The molecule has 1 aromatic rings. The summed E-state index contributed by atoms with van der Waals surface area (Å²) >= 11 is 0. The Morgan fingerprint density at radius 2 is 2.08 bits per heavy atom. The van der Waals surface area contributed by atoms with E-state index in [2.05, 4.69) is 9.98 Å². The molecule has 8 heteroatoms. The van der Waals surface area contributed by atoms with Crippen LogP contribution in [0.2, 0.25) is 0 Å². The van der Waals surface area contributed by atoms with E-state index in [0.717, 1.165) is 24.0 Å². The lowest BCUT2D eigenvalue weighted by molar-refractivity contribution is -0.111. The molecule has 0 N–H and O–H groups in total. The van der Waals surface area contributed by atoms with E-state index in [0.29, 0.717) is 12.3 Å². The van der Waals surface area contributed by atoms with E-state index in [1.165, 1.54) is 4.90 Å². The first-order valence-electron chi connectivity index (χ1n) is 8.06. The number of aliphatic imine (C=N–C) groups is 2. The molecule has 26 heavy (non-hydrogen) atoms. The topological polar surface area (TPSA) is 62.1 Å². The van der Waals surface area contributed by atoms with Crippen molar-refractivity contribution in [3.8, 4) is 0 Å². The third kappa shape index (κ3) is 4.25. The number of carbonyl (C=O) groups excluding carboxylic acids is 2. The van der Waals surface area contributed by atoms with Crippen molar-refractivity contribution >= 4 is 23.9 Å². The molecule has 3 amide bonds. The summed E-state index contributed by atoms with van der Waals surface area (Å²) in [5, 5.41) is 0. The number of rotatable bonds is 3. The lowest BCUT2D eigenvalue weighted by atomic mass is 10.1. The highest BCUT2D eigenvalue weighted by Gasteiger charge is 2.36. The summed E-state index contributed by atoms with van der Waals surface area (Å²) in [6, 6.07) is 6.83. The maximum Gasteiger partial charge on any atom is 0.417 e. The van der Waals surface area contributed by atoms with Crippen LogP contribution < -0.4 is 0 Å². The minimum Gasteiger partial charge on any atom is -0.316 e. The Morgan fingerprint density at radius 3 is 2.69 bits per heavy atom. The fourth-order valence-electron chi connectivity index (χ4n) is 2.59. The van der Waals surface area contributed by atoms with Gasteiger partial charge in [0.2, 0.25) is 0 Å². The van der Waals surface area contributed by atoms with Crippen molar-refractivity contribution in [3.05, 3.63) is 47.0 Å². The number of halogens is 3. The van der Waals surface area contributed by atoms with Gasteiger partial charge in [0.1, 0.15) is 5.71 Å². The summed E-state index contributed by atoms with van der Waals surface area (Å²) in [4.78, 5) is 32.5. The predicted octanol–water partition coefficient (Wildman–Crippen LogP) is 3.62. The lowest BCUT2D eigenvalue weighted by Gasteiger charge is -2.20. The number of benzene rings is 1. The van der Waals surface area contributed by atoms with Gasteiger partial charge in [-0.25, -0.2) is 9.79 Å². The van der Waals surface area contributed by atoms with Crippen molar-refractivity contribution in [2.24, 2.45) is 9.98 Å². The largest absolute Gasteiger partial charge is 0.417 e. The molecule has 3 rings (SSSR count). The van der Waals surface area contributed by atoms with Crippen LogP contribution in [-0.2, 0) is 11.3 Å². The summed E-state index contributed by atoms with van der Waals surface area (Å²) in [5.41, 5.74) is 0.219. The molecule has 0 spiro atoms. The minimum atomic E-state index is -4.66. The number of amides is 3. The maximum absolute atomic E-state index is 12.8. The molecule has 1 saturated carbocycles. The Kier molecular flexibility index (Phi) is 4.76. The molecule has 0 unspecified atom stereocenters. The summed E-state index contributed by atoms with van der Waals surface area (Å²) in [7, 11) is 0. The zero-order valence-electron chi connectivity index (χ0n) is 14.0. The number of allylic oxidation sites excluding steroid dienone is 1. The highest BCUT2D eigenvalue weighted by molar-refractivity contribution is 6.48. The van der Waals surface area contributed by atoms with Crippen LogP contribution in [0.15, 0.2) is 45.9 Å². The Bertz CT molecular complexity index is 836. The number of nitrogens with zero attached hydrogens (tertiary/aromatic N) is 3. The number of dihydropyridines is 1. The molecule has 0 aromatic heterocycles.